The lowest BCUT2D eigenvalue weighted by atomic mass is 10.1. The van der Waals surface area contributed by atoms with Crippen molar-refractivity contribution in [3.8, 4) is 11.5 Å². The van der Waals surface area contributed by atoms with Gasteiger partial charge in [0.15, 0.2) is 0 Å². The summed E-state index contributed by atoms with van der Waals surface area (Å²) in [4.78, 5) is 11.3. The Hall–Kier alpha value is -1.51. The van der Waals surface area contributed by atoms with Gasteiger partial charge in [-0.05, 0) is 25.0 Å². The van der Waals surface area contributed by atoms with Crippen molar-refractivity contribution in [2.75, 3.05) is 13.2 Å². The van der Waals surface area contributed by atoms with Crippen LogP contribution >= 0.6 is 0 Å². The van der Waals surface area contributed by atoms with Crippen LogP contribution < -0.4 is 9.47 Å². The number of rotatable bonds is 23. The molecule has 0 amide bonds. The summed E-state index contributed by atoms with van der Waals surface area (Å²) in [6.45, 7) is 5.93. The van der Waals surface area contributed by atoms with E-state index in [4.69, 9.17) is 9.47 Å². The number of carbonyl (C=O) groups excluding carboxylic acids is 1. The summed E-state index contributed by atoms with van der Waals surface area (Å²) >= 11 is 0. The molecule has 0 saturated heterocycles. The van der Waals surface area contributed by atoms with Gasteiger partial charge in [-0.3, -0.25) is 4.79 Å². The fraction of sp³-hybridized carbons (Fsp3) is 0.759. The molecule has 0 spiro atoms. The average Bonchev–Trinajstić information content (AvgIpc) is 2.81. The molecule has 3 nitrogen and oxygen atoms in total. The van der Waals surface area contributed by atoms with Crippen molar-refractivity contribution in [1.29, 1.82) is 0 Å². The number of aldehydes is 1. The second kappa shape index (κ2) is 21.3. The monoisotopic (exact) mass is 446 g/mol. The Morgan fingerprint density at radius 1 is 0.531 bits per heavy atom. The van der Waals surface area contributed by atoms with Crippen LogP contribution in [0.5, 0.6) is 11.5 Å². The average molecular weight is 447 g/mol. The van der Waals surface area contributed by atoms with Crippen molar-refractivity contribution in [1.82, 2.24) is 0 Å². The summed E-state index contributed by atoms with van der Waals surface area (Å²) < 4.78 is 11.8. The van der Waals surface area contributed by atoms with Crippen LogP contribution in [0.3, 0.4) is 0 Å². The molecule has 0 N–H and O–H groups in total. The minimum absolute atomic E-state index is 0.622. The first kappa shape index (κ1) is 28.5. The van der Waals surface area contributed by atoms with Gasteiger partial charge < -0.3 is 9.47 Å². The smallest absolute Gasteiger partial charge is 0.150 e. The van der Waals surface area contributed by atoms with Gasteiger partial charge in [-0.25, -0.2) is 0 Å². The first-order chi connectivity index (χ1) is 15.8. The van der Waals surface area contributed by atoms with E-state index in [9.17, 15) is 4.79 Å². The highest BCUT2D eigenvalue weighted by atomic mass is 16.5. The Morgan fingerprint density at radius 3 is 1.22 bits per heavy atom. The highest BCUT2D eigenvalue weighted by Gasteiger charge is 2.04. The van der Waals surface area contributed by atoms with Crippen molar-refractivity contribution in [3.05, 3.63) is 23.8 Å². The Morgan fingerprint density at radius 2 is 0.875 bits per heavy atom. The molecule has 0 bridgehead atoms. The zero-order valence-corrected chi connectivity index (χ0v) is 21.2. The molecule has 0 atom stereocenters. The summed E-state index contributed by atoms with van der Waals surface area (Å²) in [5.74, 6) is 1.49. The van der Waals surface area contributed by atoms with Crippen LogP contribution in [-0.4, -0.2) is 19.5 Å². The minimum atomic E-state index is 0.622. The highest BCUT2D eigenvalue weighted by molar-refractivity contribution is 5.76. The number of hydrogen-bond donors (Lipinski definition) is 0. The molecule has 0 aliphatic rings. The van der Waals surface area contributed by atoms with Crippen LogP contribution in [0.4, 0.5) is 0 Å². The minimum Gasteiger partial charge on any atom is -0.493 e. The third-order valence-electron chi connectivity index (χ3n) is 6.07. The predicted octanol–water partition coefficient (Wildman–Crippen LogP) is 9.32. The summed E-state index contributed by atoms with van der Waals surface area (Å²) in [5.41, 5.74) is 0.622. The van der Waals surface area contributed by atoms with E-state index in [2.05, 4.69) is 13.8 Å². The van der Waals surface area contributed by atoms with Crippen LogP contribution in [-0.2, 0) is 0 Å². The summed E-state index contributed by atoms with van der Waals surface area (Å²) in [5, 5.41) is 0. The van der Waals surface area contributed by atoms with E-state index in [-0.39, 0.29) is 0 Å². The van der Waals surface area contributed by atoms with E-state index in [0.717, 1.165) is 30.6 Å². The highest BCUT2D eigenvalue weighted by Crippen LogP contribution is 2.23. The van der Waals surface area contributed by atoms with Crippen LogP contribution in [0.25, 0.3) is 0 Å². The molecule has 0 aromatic heterocycles. The summed E-state index contributed by atoms with van der Waals surface area (Å²) in [7, 11) is 0. The van der Waals surface area contributed by atoms with E-state index in [0.29, 0.717) is 18.8 Å². The fourth-order valence-corrected chi connectivity index (χ4v) is 4.03. The summed E-state index contributed by atoms with van der Waals surface area (Å²) in [6.07, 6.45) is 24.3. The molecule has 0 radical (unpaired) electrons. The van der Waals surface area contributed by atoms with Crippen LogP contribution in [0.15, 0.2) is 18.2 Å². The quantitative estimate of drug-likeness (QED) is 0.124. The molecule has 1 aromatic rings. The van der Waals surface area contributed by atoms with Crippen molar-refractivity contribution in [3.63, 3.8) is 0 Å². The second-order valence-electron chi connectivity index (χ2n) is 9.21. The van der Waals surface area contributed by atoms with E-state index < -0.39 is 0 Å². The molecule has 0 fully saturated rings. The molecule has 184 valence electrons. The maximum absolute atomic E-state index is 11.3. The number of hydrogen-bond acceptors (Lipinski definition) is 3. The van der Waals surface area contributed by atoms with E-state index >= 15 is 0 Å². The van der Waals surface area contributed by atoms with Crippen molar-refractivity contribution < 1.29 is 14.3 Å². The van der Waals surface area contributed by atoms with Gasteiger partial charge in [0.2, 0.25) is 0 Å². The maximum atomic E-state index is 11.3. The van der Waals surface area contributed by atoms with Crippen molar-refractivity contribution in [2.45, 2.75) is 129 Å². The normalized spacial score (nSPS) is 10.9. The first-order valence-electron chi connectivity index (χ1n) is 13.7. The van der Waals surface area contributed by atoms with Crippen molar-refractivity contribution in [2.24, 2.45) is 0 Å². The van der Waals surface area contributed by atoms with Gasteiger partial charge in [-0.15, -0.1) is 0 Å². The van der Waals surface area contributed by atoms with Crippen LogP contribution in [0.2, 0.25) is 0 Å². The lowest BCUT2D eigenvalue weighted by molar-refractivity contribution is 0.112. The molecule has 3 heteroatoms. The third-order valence-corrected chi connectivity index (χ3v) is 6.07. The Bertz CT molecular complexity index is 513. The summed E-state index contributed by atoms with van der Waals surface area (Å²) in [6, 6.07) is 5.55. The third kappa shape index (κ3) is 16.2. The van der Waals surface area contributed by atoms with Gasteiger partial charge in [0.05, 0.1) is 13.2 Å². The van der Waals surface area contributed by atoms with Crippen LogP contribution in [0, 0.1) is 0 Å². The zero-order chi connectivity index (χ0) is 23.1. The fourth-order valence-electron chi connectivity index (χ4n) is 4.03. The van der Waals surface area contributed by atoms with Gasteiger partial charge in [-0.1, -0.05) is 117 Å². The Balaban J connectivity index is 2.14. The number of carbonyl (C=O) groups is 1. The molecule has 1 aromatic carbocycles. The lowest BCUT2D eigenvalue weighted by Gasteiger charge is -2.11. The van der Waals surface area contributed by atoms with Gasteiger partial charge in [0.25, 0.3) is 0 Å². The van der Waals surface area contributed by atoms with Gasteiger partial charge in [0.1, 0.15) is 17.8 Å². The van der Waals surface area contributed by atoms with Gasteiger partial charge >= 0.3 is 0 Å². The first-order valence-corrected chi connectivity index (χ1v) is 13.7. The number of benzene rings is 1. The molecule has 0 aliphatic heterocycles. The predicted molar refractivity (Wildman–Crippen MR) is 137 cm³/mol. The molecule has 0 unspecified atom stereocenters. The topological polar surface area (TPSA) is 35.5 Å². The van der Waals surface area contributed by atoms with E-state index in [1.165, 1.54) is 103 Å². The molecular weight excluding hydrogens is 396 g/mol. The van der Waals surface area contributed by atoms with Crippen molar-refractivity contribution >= 4 is 6.29 Å². The largest absolute Gasteiger partial charge is 0.493 e. The molecular formula is C29H50O3. The number of ether oxygens (including phenoxy) is 2. The molecule has 1 rings (SSSR count). The molecule has 32 heavy (non-hydrogen) atoms. The Labute approximate surface area is 198 Å². The van der Waals surface area contributed by atoms with E-state index in [1.54, 1.807) is 0 Å². The standard InChI is InChI=1S/C29H50O3/c1-3-5-7-9-11-13-15-17-19-21-31-28-23-27(26-30)24-29(25-28)32-22-20-18-16-14-12-10-8-6-4-2/h23-26H,3-22H2,1-2H3. The lowest BCUT2D eigenvalue weighted by Crippen LogP contribution is -2.01. The van der Waals surface area contributed by atoms with Gasteiger partial charge in [0, 0.05) is 11.6 Å². The molecule has 0 heterocycles. The van der Waals surface area contributed by atoms with Gasteiger partial charge in [-0.2, -0.15) is 0 Å². The second-order valence-corrected chi connectivity index (χ2v) is 9.21. The van der Waals surface area contributed by atoms with Crippen LogP contribution in [0.1, 0.15) is 140 Å². The SMILES string of the molecule is CCCCCCCCCCCOc1cc(C=O)cc(OCCCCCCCCCCC)c1. The van der Waals surface area contributed by atoms with E-state index in [1.807, 2.05) is 18.2 Å². The number of unbranched alkanes of at least 4 members (excludes halogenated alkanes) is 16. The molecule has 0 aliphatic carbocycles. The maximum Gasteiger partial charge on any atom is 0.150 e. The zero-order valence-electron chi connectivity index (χ0n) is 21.2. The molecule has 0 saturated carbocycles. The Kier molecular flexibility index (Phi) is 19.0.